The first-order valence-electron chi connectivity index (χ1n) is 10.4. The largest absolute Gasteiger partial charge is 0.479 e. The lowest BCUT2D eigenvalue weighted by atomic mass is 9.88. The third kappa shape index (κ3) is 3.27. The number of ether oxygens (including phenoxy) is 1. The fraction of sp³-hybridized carbons (Fsp3) is 0.348. The van der Waals surface area contributed by atoms with E-state index in [2.05, 4.69) is 28.6 Å². The van der Waals surface area contributed by atoms with Crippen molar-refractivity contribution >= 4 is 28.0 Å². The lowest BCUT2D eigenvalue weighted by molar-refractivity contribution is -0.153. The predicted molar refractivity (Wildman–Crippen MR) is 114 cm³/mol. The van der Waals surface area contributed by atoms with Crippen LogP contribution in [0.15, 0.2) is 36.5 Å². The van der Waals surface area contributed by atoms with Gasteiger partial charge in [-0.3, -0.25) is 5.10 Å². The summed E-state index contributed by atoms with van der Waals surface area (Å²) in [4.78, 5) is 16.2. The number of carboxylic acids is 1. The summed E-state index contributed by atoms with van der Waals surface area (Å²) in [7, 11) is 0. The van der Waals surface area contributed by atoms with E-state index in [-0.39, 0.29) is 17.7 Å². The van der Waals surface area contributed by atoms with E-state index < -0.39 is 12.1 Å². The van der Waals surface area contributed by atoms with Gasteiger partial charge in [0.1, 0.15) is 5.82 Å². The Hall–Kier alpha value is -3.26. The molecule has 1 aliphatic rings. The number of nitrogens with zero attached hydrogens (tertiary/aromatic N) is 3. The van der Waals surface area contributed by atoms with Gasteiger partial charge in [-0.1, -0.05) is 13.8 Å². The monoisotopic (exact) mass is 422 g/mol. The third-order valence-electron chi connectivity index (χ3n) is 6.01. The fourth-order valence-corrected chi connectivity index (χ4v) is 4.62. The van der Waals surface area contributed by atoms with Crippen molar-refractivity contribution in [2.75, 3.05) is 6.61 Å². The van der Waals surface area contributed by atoms with Crippen LogP contribution in [0, 0.1) is 5.82 Å². The zero-order valence-corrected chi connectivity index (χ0v) is 17.3. The molecule has 5 rings (SSSR count). The number of rotatable bonds is 4. The zero-order valence-electron chi connectivity index (χ0n) is 17.3. The van der Waals surface area contributed by atoms with Crippen LogP contribution in [0.1, 0.15) is 49.8 Å². The van der Waals surface area contributed by atoms with E-state index in [0.717, 1.165) is 33.4 Å². The molecule has 0 bridgehead atoms. The molecule has 160 valence electrons. The van der Waals surface area contributed by atoms with Gasteiger partial charge in [-0.2, -0.15) is 5.10 Å². The number of fused-ring (bicyclic) bond motifs is 2. The number of carbonyl (C=O) groups is 1. The van der Waals surface area contributed by atoms with Gasteiger partial charge in [0.15, 0.2) is 11.8 Å². The smallest absolute Gasteiger partial charge is 0.332 e. The third-order valence-corrected chi connectivity index (χ3v) is 6.01. The number of H-pyrrole nitrogens is 1. The lowest BCUT2D eigenvalue weighted by Crippen LogP contribution is -2.31. The summed E-state index contributed by atoms with van der Waals surface area (Å²) in [6, 6.07) is 8.49. The maximum absolute atomic E-state index is 13.6. The molecule has 0 saturated carbocycles. The highest BCUT2D eigenvalue weighted by atomic mass is 19.1. The van der Waals surface area contributed by atoms with E-state index in [1.807, 2.05) is 6.07 Å². The van der Waals surface area contributed by atoms with Gasteiger partial charge in [0, 0.05) is 28.2 Å². The fourth-order valence-electron chi connectivity index (χ4n) is 4.62. The van der Waals surface area contributed by atoms with Crippen molar-refractivity contribution in [1.82, 2.24) is 19.7 Å². The highest BCUT2D eigenvalue weighted by Gasteiger charge is 2.33. The Kier molecular flexibility index (Phi) is 4.74. The van der Waals surface area contributed by atoms with Crippen LogP contribution in [-0.2, 0) is 9.53 Å². The van der Waals surface area contributed by atoms with Crippen molar-refractivity contribution in [3.63, 3.8) is 0 Å². The number of carboxylic acid groups (broad SMARTS) is 1. The van der Waals surface area contributed by atoms with Gasteiger partial charge in [0.2, 0.25) is 0 Å². The lowest BCUT2D eigenvalue weighted by Gasteiger charge is -2.28. The summed E-state index contributed by atoms with van der Waals surface area (Å²) in [6.45, 7) is 4.56. The summed E-state index contributed by atoms with van der Waals surface area (Å²) in [5, 5.41) is 17.2. The number of aromatic nitrogens is 4. The van der Waals surface area contributed by atoms with Gasteiger partial charge in [-0.25, -0.2) is 14.2 Å². The SMILES string of the molecule is CC(C)c1c([C@H]2CCC(C(=O)O)OC2)c2nc3[nH]ncc3cc2n1-c1ccc(F)cc1. The maximum atomic E-state index is 13.6. The van der Waals surface area contributed by atoms with Crippen LogP contribution in [0.4, 0.5) is 4.39 Å². The van der Waals surface area contributed by atoms with E-state index in [9.17, 15) is 14.3 Å². The molecule has 8 heteroatoms. The van der Waals surface area contributed by atoms with E-state index in [1.165, 1.54) is 12.1 Å². The first kappa shape index (κ1) is 19.7. The van der Waals surface area contributed by atoms with Crippen LogP contribution in [0.25, 0.3) is 27.8 Å². The molecule has 0 radical (unpaired) electrons. The topological polar surface area (TPSA) is 93.0 Å². The quantitative estimate of drug-likeness (QED) is 0.505. The van der Waals surface area contributed by atoms with E-state index in [0.29, 0.717) is 25.1 Å². The number of halogens is 1. The van der Waals surface area contributed by atoms with Crippen molar-refractivity contribution in [3.8, 4) is 5.69 Å². The Morgan fingerprint density at radius 1 is 1.29 bits per heavy atom. The number of benzene rings is 1. The minimum atomic E-state index is -0.923. The molecule has 1 aromatic carbocycles. The predicted octanol–water partition coefficient (Wildman–Crippen LogP) is 4.51. The first-order valence-corrected chi connectivity index (χ1v) is 10.4. The molecule has 0 aliphatic carbocycles. The Morgan fingerprint density at radius 3 is 2.71 bits per heavy atom. The Labute approximate surface area is 177 Å². The highest BCUT2D eigenvalue weighted by Crippen LogP contribution is 2.41. The van der Waals surface area contributed by atoms with Crippen molar-refractivity contribution in [2.24, 2.45) is 0 Å². The van der Waals surface area contributed by atoms with E-state index in [1.54, 1.807) is 18.3 Å². The van der Waals surface area contributed by atoms with Crippen molar-refractivity contribution < 1.29 is 19.0 Å². The molecular weight excluding hydrogens is 399 g/mol. The summed E-state index contributed by atoms with van der Waals surface area (Å²) < 4.78 is 21.5. The second-order valence-corrected chi connectivity index (χ2v) is 8.36. The molecule has 3 aromatic heterocycles. The number of aliphatic carboxylic acids is 1. The first-order chi connectivity index (χ1) is 14.9. The molecule has 0 spiro atoms. The molecule has 7 nitrogen and oxygen atoms in total. The minimum Gasteiger partial charge on any atom is -0.479 e. The van der Waals surface area contributed by atoms with Gasteiger partial charge in [0.25, 0.3) is 0 Å². The number of hydrogen-bond acceptors (Lipinski definition) is 4. The molecule has 1 unspecified atom stereocenters. The molecular formula is C23H23FN4O3. The van der Waals surface area contributed by atoms with E-state index in [4.69, 9.17) is 9.72 Å². The second kappa shape index (κ2) is 7.46. The van der Waals surface area contributed by atoms with Gasteiger partial charge < -0.3 is 14.4 Å². The van der Waals surface area contributed by atoms with Crippen LogP contribution in [-0.4, -0.2) is 43.5 Å². The standard InChI is InChI=1S/C23H23FN4O3/c1-12(2)21-19(13-3-8-18(23(29)30)31-11-13)20-17(9-14-10-25-27-22(14)26-20)28(21)16-6-4-15(24)5-7-16/h4-7,9-10,12-13,18H,3,8,11H2,1-2H3,(H,29,30)(H,25,26,27)/t13-,18?/m0/s1. The molecule has 4 heterocycles. The summed E-state index contributed by atoms with van der Waals surface area (Å²) in [5.74, 6) is -1.04. The van der Waals surface area contributed by atoms with Gasteiger partial charge >= 0.3 is 5.97 Å². The highest BCUT2D eigenvalue weighted by molar-refractivity contribution is 5.93. The van der Waals surface area contributed by atoms with Crippen molar-refractivity contribution in [3.05, 3.63) is 53.6 Å². The minimum absolute atomic E-state index is 0.0186. The van der Waals surface area contributed by atoms with Crippen LogP contribution < -0.4 is 0 Å². The number of pyridine rings is 1. The normalized spacial score (nSPS) is 19.5. The Balaban J connectivity index is 1.76. The molecule has 2 N–H and O–H groups in total. The van der Waals surface area contributed by atoms with Crippen molar-refractivity contribution in [1.29, 1.82) is 0 Å². The number of aromatic amines is 1. The molecule has 31 heavy (non-hydrogen) atoms. The number of hydrogen-bond donors (Lipinski definition) is 2. The average molecular weight is 422 g/mol. The van der Waals surface area contributed by atoms with Crippen LogP contribution in [0.5, 0.6) is 0 Å². The maximum Gasteiger partial charge on any atom is 0.332 e. The second-order valence-electron chi connectivity index (χ2n) is 8.36. The molecule has 1 aliphatic heterocycles. The average Bonchev–Trinajstić information content (AvgIpc) is 3.34. The molecule has 1 saturated heterocycles. The van der Waals surface area contributed by atoms with Gasteiger partial charge in [0.05, 0.1) is 23.8 Å². The van der Waals surface area contributed by atoms with Crippen LogP contribution in [0.3, 0.4) is 0 Å². The Bertz CT molecular complexity index is 1270. The zero-order chi connectivity index (χ0) is 21.7. The molecule has 2 atom stereocenters. The molecule has 4 aromatic rings. The van der Waals surface area contributed by atoms with Gasteiger partial charge in [-0.05, 0) is 49.1 Å². The molecule has 0 amide bonds. The number of nitrogens with one attached hydrogen (secondary N) is 1. The van der Waals surface area contributed by atoms with Gasteiger partial charge in [-0.15, -0.1) is 0 Å². The van der Waals surface area contributed by atoms with Crippen molar-refractivity contribution in [2.45, 2.75) is 44.6 Å². The summed E-state index contributed by atoms with van der Waals surface area (Å²) in [5.41, 5.74) is 5.45. The van der Waals surface area contributed by atoms with Crippen LogP contribution in [0.2, 0.25) is 0 Å². The summed E-state index contributed by atoms with van der Waals surface area (Å²) >= 11 is 0. The molecule has 1 fully saturated rings. The summed E-state index contributed by atoms with van der Waals surface area (Å²) in [6.07, 6.45) is 2.12. The van der Waals surface area contributed by atoms with E-state index >= 15 is 0 Å². The van der Waals surface area contributed by atoms with Crippen LogP contribution >= 0.6 is 0 Å². The Morgan fingerprint density at radius 2 is 2.06 bits per heavy atom.